The molecule has 3 unspecified atom stereocenters. The normalized spacial score (nSPS) is 36.5. The van der Waals surface area contributed by atoms with Gasteiger partial charge in [0.25, 0.3) is 0 Å². The Morgan fingerprint density at radius 3 is 2.61 bits per heavy atom. The maximum absolute atomic E-state index is 6.35. The molecule has 0 spiro atoms. The Bertz CT molecular complexity index is 244. The van der Waals surface area contributed by atoms with Gasteiger partial charge in [-0.15, -0.1) is 0 Å². The van der Waals surface area contributed by atoms with Crippen LogP contribution in [0.4, 0.5) is 0 Å². The van der Waals surface area contributed by atoms with Crippen molar-refractivity contribution in [1.82, 2.24) is 9.80 Å². The average Bonchev–Trinajstić information content (AvgIpc) is 2.55. The second-order valence-electron chi connectivity index (χ2n) is 6.30. The van der Waals surface area contributed by atoms with Crippen LogP contribution < -0.4 is 5.73 Å². The van der Waals surface area contributed by atoms with Crippen LogP contribution in [0.3, 0.4) is 0 Å². The molecule has 0 aromatic rings. The van der Waals surface area contributed by atoms with Crippen molar-refractivity contribution in [3.63, 3.8) is 0 Å². The van der Waals surface area contributed by atoms with Gasteiger partial charge in [0.2, 0.25) is 0 Å². The molecule has 3 heteroatoms. The van der Waals surface area contributed by atoms with Crippen molar-refractivity contribution in [2.75, 3.05) is 32.7 Å². The van der Waals surface area contributed by atoms with Crippen LogP contribution in [0.2, 0.25) is 0 Å². The fourth-order valence-corrected chi connectivity index (χ4v) is 3.68. The van der Waals surface area contributed by atoms with Crippen molar-refractivity contribution in [2.24, 2.45) is 11.7 Å². The fourth-order valence-electron chi connectivity index (χ4n) is 3.68. The highest BCUT2D eigenvalue weighted by Crippen LogP contribution is 2.24. The SMILES string of the molecule is CCN1CCN(CC2CCCCCC2N)CC1C. The maximum Gasteiger partial charge on any atom is 0.0195 e. The Morgan fingerprint density at radius 1 is 1.11 bits per heavy atom. The molecular formula is C15H31N3. The van der Waals surface area contributed by atoms with Crippen LogP contribution in [-0.4, -0.2) is 54.6 Å². The fraction of sp³-hybridized carbons (Fsp3) is 1.00. The molecule has 1 saturated heterocycles. The van der Waals surface area contributed by atoms with Crippen LogP contribution in [0.15, 0.2) is 0 Å². The van der Waals surface area contributed by atoms with Crippen molar-refractivity contribution in [2.45, 2.75) is 58.0 Å². The molecule has 2 N–H and O–H groups in total. The quantitative estimate of drug-likeness (QED) is 0.780. The number of piperazine rings is 1. The van der Waals surface area contributed by atoms with Crippen LogP contribution in [0, 0.1) is 5.92 Å². The first-order valence-electron chi connectivity index (χ1n) is 7.92. The summed E-state index contributed by atoms with van der Waals surface area (Å²) in [6, 6.07) is 1.16. The first-order valence-corrected chi connectivity index (χ1v) is 7.92. The molecule has 0 bridgehead atoms. The van der Waals surface area contributed by atoms with Gasteiger partial charge in [0, 0.05) is 38.3 Å². The molecular weight excluding hydrogens is 222 g/mol. The summed E-state index contributed by atoms with van der Waals surface area (Å²) in [5.74, 6) is 0.743. The lowest BCUT2D eigenvalue weighted by molar-refractivity contribution is 0.0728. The van der Waals surface area contributed by atoms with Gasteiger partial charge in [-0.2, -0.15) is 0 Å². The van der Waals surface area contributed by atoms with Gasteiger partial charge in [0.1, 0.15) is 0 Å². The molecule has 1 aliphatic carbocycles. The second kappa shape index (κ2) is 6.88. The number of hydrogen-bond donors (Lipinski definition) is 1. The van der Waals surface area contributed by atoms with Crippen molar-refractivity contribution >= 4 is 0 Å². The third-order valence-electron chi connectivity index (χ3n) is 4.97. The van der Waals surface area contributed by atoms with Gasteiger partial charge in [0.05, 0.1) is 0 Å². The smallest absolute Gasteiger partial charge is 0.0195 e. The maximum atomic E-state index is 6.35. The zero-order valence-electron chi connectivity index (χ0n) is 12.3. The van der Waals surface area contributed by atoms with E-state index >= 15 is 0 Å². The number of hydrogen-bond acceptors (Lipinski definition) is 3. The summed E-state index contributed by atoms with van der Waals surface area (Å²) < 4.78 is 0. The number of nitrogens with two attached hydrogens (primary N) is 1. The van der Waals surface area contributed by atoms with Crippen molar-refractivity contribution in [1.29, 1.82) is 0 Å². The predicted octanol–water partition coefficient (Wildman–Crippen LogP) is 1.92. The molecule has 3 atom stereocenters. The summed E-state index contributed by atoms with van der Waals surface area (Å²) in [4.78, 5) is 5.25. The molecule has 2 rings (SSSR count). The minimum atomic E-state index is 0.451. The highest BCUT2D eigenvalue weighted by molar-refractivity contribution is 4.84. The highest BCUT2D eigenvalue weighted by atomic mass is 15.3. The Kier molecular flexibility index (Phi) is 5.46. The van der Waals surface area contributed by atoms with Gasteiger partial charge < -0.3 is 10.6 Å². The standard InChI is InChI=1S/C15H31N3/c1-3-18-10-9-17(11-13(18)2)12-14-7-5-4-6-8-15(14)16/h13-15H,3-12,16H2,1-2H3. The monoisotopic (exact) mass is 253 g/mol. The number of rotatable bonds is 3. The van der Waals surface area contributed by atoms with Gasteiger partial charge in [-0.3, -0.25) is 4.90 Å². The van der Waals surface area contributed by atoms with E-state index in [1.807, 2.05) is 0 Å². The van der Waals surface area contributed by atoms with Crippen LogP contribution in [-0.2, 0) is 0 Å². The topological polar surface area (TPSA) is 32.5 Å². The van der Waals surface area contributed by atoms with Crippen molar-refractivity contribution in [3.05, 3.63) is 0 Å². The van der Waals surface area contributed by atoms with E-state index in [9.17, 15) is 0 Å². The first kappa shape index (κ1) is 14.3. The lowest BCUT2D eigenvalue weighted by atomic mass is 9.94. The summed E-state index contributed by atoms with van der Waals surface area (Å²) in [6.07, 6.45) is 6.73. The van der Waals surface area contributed by atoms with Crippen molar-refractivity contribution in [3.8, 4) is 0 Å². The molecule has 3 nitrogen and oxygen atoms in total. The van der Waals surface area contributed by atoms with Crippen LogP contribution in [0.5, 0.6) is 0 Å². The Balaban J connectivity index is 1.82. The Labute approximate surface area is 113 Å². The number of nitrogens with zero attached hydrogens (tertiary/aromatic N) is 2. The first-order chi connectivity index (χ1) is 8.70. The third kappa shape index (κ3) is 3.69. The Hall–Kier alpha value is -0.120. The Morgan fingerprint density at radius 2 is 1.89 bits per heavy atom. The van der Waals surface area contributed by atoms with Gasteiger partial charge >= 0.3 is 0 Å². The van der Waals surface area contributed by atoms with Crippen LogP contribution in [0.1, 0.15) is 46.0 Å². The molecule has 106 valence electrons. The zero-order valence-corrected chi connectivity index (χ0v) is 12.3. The molecule has 0 amide bonds. The minimum Gasteiger partial charge on any atom is -0.327 e. The van der Waals surface area contributed by atoms with Gasteiger partial charge in [0.15, 0.2) is 0 Å². The molecule has 0 aromatic heterocycles. The lowest BCUT2D eigenvalue weighted by Gasteiger charge is -2.41. The molecule has 18 heavy (non-hydrogen) atoms. The zero-order chi connectivity index (χ0) is 13.0. The third-order valence-corrected chi connectivity index (χ3v) is 4.97. The van der Waals surface area contributed by atoms with Gasteiger partial charge in [-0.1, -0.05) is 26.2 Å². The average molecular weight is 253 g/mol. The molecule has 0 aromatic carbocycles. The van der Waals surface area contributed by atoms with Crippen LogP contribution >= 0.6 is 0 Å². The largest absolute Gasteiger partial charge is 0.327 e. The summed E-state index contributed by atoms with van der Waals surface area (Å²) in [7, 11) is 0. The summed E-state index contributed by atoms with van der Waals surface area (Å²) in [5, 5.41) is 0. The molecule has 1 saturated carbocycles. The lowest BCUT2D eigenvalue weighted by Crippen LogP contribution is -2.53. The minimum absolute atomic E-state index is 0.451. The summed E-state index contributed by atoms with van der Waals surface area (Å²) >= 11 is 0. The van der Waals surface area contributed by atoms with E-state index in [0.717, 1.165) is 5.92 Å². The molecule has 1 aliphatic heterocycles. The van der Waals surface area contributed by atoms with E-state index in [4.69, 9.17) is 5.73 Å². The van der Waals surface area contributed by atoms with Crippen molar-refractivity contribution < 1.29 is 0 Å². The van der Waals surface area contributed by atoms with Crippen LogP contribution in [0.25, 0.3) is 0 Å². The van der Waals surface area contributed by atoms with E-state index in [0.29, 0.717) is 12.1 Å². The van der Waals surface area contributed by atoms with E-state index < -0.39 is 0 Å². The number of likely N-dealkylation sites (N-methyl/N-ethyl adjacent to an activating group) is 1. The summed E-state index contributed by atoms with van der Waals surface area (Å²) in [6.45, 7) is 10.8. The molecule has 1 heterocycles. The van der Waals surface area contributed by atoms with E-state index in [1.54, 1.807) is 0 Å². The second-order valence-corrected chi connectivity index (χ2v) is 6.30. The summed E-state index contributed by atoms with van der Waals surface area (Å²) in [5.41, 5.74) is 6.35. The van der Waals surface area contributed by atoms with E-state index in [1.165, 1.54) is 64.8 Å². The van der Waals surface area contributed by atoms with Gasteiger partial charge in [-0.25, -0.2) is 0 Å². The highest BCUT2D eigenvalue weighted by Gasteiger charge is 2.27. The molecule has 2 fully saturated rings. The molecule has 0 radical (unpaired) electrons. The van der Waals surface area contributed by atoms with E-state index in [-0.39, 0.29) is 0 Å². The predicted molar refractivity (Wildman–Crippen MR) is 77.7 cm³/mol. The molecule has 2 aliphatic rings. The van der Waals surface area contributed by atoms with E-state index in [2.05, 4.69) is 23.6 Å². The van der Waals surface area contributed by atoms with Gasteiger partial charge in [-0.05, 0) is 32.2 Å².